The standard InChI is InChI=1S/C16H13F4NO2/c17-13-2-1-3-14(10-13)23-9-8-21-15(22)11-4-6-12(7-5-11)16(18,19)20/h1-7,10H,8-9H2,(H,21,22). The topological polar surface area (TPSA) is 38.3 Å². The predicted molar refractivity (Wildman–Crippen MR) is 75.7 cm³/mol. The molecule has 7 heteroatoms. The molecule has 0 aliphatic rings. The van der Waals surface area contributed by atoms with Crippen LogP contribution in [0, 0.1) is 5.82 Å². The van der Waals surface area contributed by atoms with Gasteiger partial charge in [0.15, 0.2) is 0 Å². The number of amides is 1. The second-order valence-electron chi connectivity index (χ2n) is 4.64. The lowest BCUT2D eigenvalue weighted by Crippen LogP contribution is -2.28. The lowest BCUT2D eigenvalue weighted by Gasteiger charge is -2.09. The van der Waals surface area contributed by atoms with Crippen LogP contribution >= 0.6 is 0 Å². The largest absolute Gasteiger partial charge is 0.492 e. The summed E-state index contributed by atoms with van der Waals surface area (Å²) in [7, 11) is 0. The molecule has 0 atom stereocenters. The van der Waals surface area contributed by atoms with Gasteiger partial charge in [-0.25, -0.2) is 4.39 Å². The molecule has 0 spiro atoms. The van der Waals surface area contributed by atoms with E-state index >= 15 is 0 Å². The van der Waals surface area contributed by atoms with Crippen molar-refractivity contribution in [2.45, 2.75) is 6.18 Å². The summed E-state index contributed by atoms with van der Waals surface area (Å²) < 4.78 is 55.4. The molecule has 0 unspecified atom stereocenters. The van der Waals surface area contributed by atoms with Crippen molar-refractivity contribution in [2.24, 2.45) is 0 Å². The Morgan fingerprint density at radius 3 is 2.39 bits per heavy atom. The summed E-state index contributed by atoms with van der Waals surface area (Å²) in [5, 5.41) is 2.50. The van der Waals surface area contributed by atoms with Crippen molar-refractivity contribution < 1.29 is 27.1 Å². The molecular formula is C16H13F4NO2. The SMILES string of the molecule is O=C(NCCOc1cccc(F)c1)c1ccc(C(F)(F)F)cc1. The molecular weight excluding hydrogens is 314 g/mol. The summed E-state index contributed by atoms with van der Waals surface area (Å²) >= 11 is 0. The third-order valence-electron chi connectivity index (χ3n) is 2.93. The van der Waals surface area contributed by atoms with Crippen LogP contribution in [0.15, 0.2) is 48.5 Å². The van der Waals surface area contributed by atoms with Crippen LogP contribution in [0.25, 0.3) is 0 Å². The van der Waals surface area contributed by atoms with Crippen molar-refractivity contribution >= 4 is 5.91 Å². The van der Waals surface area contributed by atoms with Crippen LogP contribution in [0.2, 0.25) is 0 Å². The van der Waals surface area contributed by atoms with Crippen molar-refractivity contribution in [3.05, 3.63) is 65.5 Å². The minimum absolute atomic E-state index is 0.107. The van der Waals surface area contributed by atoms with Gasteiger partial charge in [0, 0.05) is 11.6 Å². The first-order valence-electron chi connectivity index (χ1n) is 6.70. The molecule has 23 heavy (non-hydrogen) atoms. The zero-order valence-electron chi connectivity index (χ0n) is 11.9. The second-order valence-corrected chi connectivity index (χ2v) is 4.64. The molecule has 0 radical (unpaired) electrons. The molecule has 0 bridgehead atoms. The highest BCUT2D eigenvalue weighted by Gasteiger charge is 2.30. The second kappa shape index (κ2) is 7.13. The minimum Gasteiger partial charge on any atom is -0.492 e. The minimum atomic E-state index is -4.44. The molecule has 3 nitrogen and oxygen atoms in total. The van der Waals surface area contributed by atoms with E-state index in [-0.39, 0.29) is 18.7 Å². The zero-order valence-corrected chi connectivity index (χ0v) is 11.9. The maximum atomic E-state index is 12.9. The lowest BCUT2D eigenvalue weighted by atomic mass is 10.1. The number of benzene rings is 2. The smallest absolute Gasteiger partial charge is 0.416 e. The summed E-state index contributed by atoms with van der Waals surface area (Å²) in [4.78, 5) is 11.8. The fraction of sp³-hybridized carbons (Fsp3) is 0.188. The fourth-order valence-corrected chi connectivity index (χ4v) is 1.80. The maximum Gasteiger partial charge on any atom is 0.416 e. The summed E-state index contributed by atoms with van der Waals surface area (Å²) in [5.74, 6) is -0.619. The van der Waals surface area contributed by atoms with E-state index < -0.39 is 23.5 Å². The summed E-state index contributed by atoms with van der Waals surface area (Å²) in [6, 6.07) is 9.44. The monoisotopic (exact) mass is 327 g/mol. The highest BCUT2D eigenvalue weighted by Crippen LogP contribution is 2.29. The van der Waals surface area contributed by atoms with Crippen LogP contribution in [-0.4, -0.2) is 19.1 Å². The zero-order chi connectivity index (χ0) is 16.9. The van der Waals surface area contributed by atoms with Gasteiger partial charge < -0.3 is 10.1 Å². The molecule has 2 rings (SSSR count). The Kier molecular flexibility index (Phi) is 5.20. The van der Waals surface area contributed by atoms with Crippen LogP contribution < -0.4 is 10.1 Å². The molecule has 0 saturated carbocycles. The molecule has 122 valence electrons. The Morgan fingerprint density at radius 1 is 1.09 bits per heavy atom. The van der Waals surface area contributed by atoms with Gasteiger partial charge >= 0.3 is 6.18 Å². The molecule has 0 aromatic heterocycles. The molecule has 2 aromatic rings. The molecule has 0 aliphatic carbocycles. The van der Waals surface area contributed by atoms with E-state index in [1.165, 1.54) is 18.2 Å². The van der Waals surface area contributed by atoms with Crippen molar-refractivity contribution in [3.63, 3.8) is 0 Å². The van der Waals surface area contributed by atoms with E-state index in [0.717, 1.165) is 24.3 Å². The highest BCUT2D eigenvalue weighted by atomic mass is 19.4. The van der Waals surface area contributed by atoms with Crippen molar-refractivity contribution in [3.8, 4) is 5.75 Å². The molecule has 0 saturated heterocycles. The van der Waals surface area contributed by atoms with E-state index in [9.17, 15) is 22.4 Å². The molecule has 2 aromatic carbocycles. The van der Waals surface area contributed by atoms with Crippen LogP contribution in [0.5, 0.6) is 5.75 Å². The number of ether oxygens (including phenoxy) is 1. The van der Waals surface area contributed by atoms with Gasteiger partial charge in [0.2, 0.25) is 0 Å². The molecule has 0 aliphatic heterocycles. The number of carbonyl (C=O) groups is 1. The summed E-state index contributed by atoms with van der Waals surface area (Å²) in [6.07, 6.45) is -4.44. The third-order valence-corrected chi connectivity index (χ3v) is 2.93. The van der Waals surface area contributed by atoms with Gasteiger partial charge in [-0.3, -0.25) is 4.79 Å². The predicted octanol–water partition coefficient (Wildman–Crippen LogP) is 3.65. The number of hydrogen-bond donors (Lipinski definition) is 1. The number of carbonyl (C=O) groups excluding carboxylic acids is 1. The highest BCUT2D eigenvalue weighted by molar-refractivity contribution is 5.94. The Morgan fingerprint density at radius 2 is 1.78 bits per heavy atom. The Balaban J connectivity index is 1.81. The normalized spacial score (nSPS) is 11.1. The first-order valence-corrected chi connectivity index (χ1v) is 6.70. The van der Waals surface area contributed by atoms with E-state index in [2.05, 4.69) is 5.32 Å². The Bertz CT molecular complexity index is 669. The van der Waals surface area contributed by atoms with Gasteiger partial charge in [-0.2, -0.15) is 13.2 Å². The van der Waals surface area contributed by atoms with E-state index in [4.69, 9.17) is 4.74 Å². The first-order chi connectivity index (χ1) is 10.9. The Labute approximate surface area is 129 Å². The number of hydrogen-bond acceptors (Lipinski definition) is 2. The van der Waals surface area contributed by atoms with Crippen molar-refractivity contribution in [1.29, 1.82) is 0 Å². The number of alkyl halides is 3. The van der Waals surface area contributed by atoms with E-state index in [0.29, 0.717) is 5.75 Å². The summed E-state index contributed by atoms with van der Waals surface area (Å²) in [6.45, 7) is 0.242. The summed E-state index contributed by atoms with van der Waals surface area (Å²) in [5.41, 5.74) is -0.702. The molecule has 0 heterocycles. The van der Waals surface area contributed by atoms with Crippen molar-refractivity contribution in [2.75, 3.05) is 13.2 Å². The third kappa shape index (κ3) is 4.98. The van der Waals surface area contributed by atoms with E-state index in [1.807, 2.05) is 0 Å². The average molecular weight is 327 g/mol. The number of nitrogens with one attached hydrogen (secondary N) is 1. The fourth-order valence-electron chi connectivity index (χ4n) is 1.80. The number of halogens is 4. The van der Waals surface area contributed by atoms with Gasteiger partial charge in [0.25, 0.3) is 5.91 Å². The maximum absolute atomic E-state index is 12.9. The van der Waals surface area contributed by atoms with Gasteiger partial charge in [-0.15, -0.1) is 0 Å². The molecule has 0 fully saturated rings. The van der Waals surface area contributed by atoms with Gasteiger partial charge in [0.1, 0.15) is 18.2 Å². The van der Waals surface area contributed by atoms with E-state index in [1.54, 1.807) is 6.07 Å². The quantitative estimate of drug-likeness (QED) is 0.672. The first kappa shape index (κ1) is 16.8. The van der Waals surface area contributed by atoms with Crippen LogP contribution in [0.4, 0.5) is 17.6 Å². The lowest BCUT2D eigenvalue weighted by molar-refractivity contribution is -0.137. The molecule has 1 amide bonds. The van der Waals surface area contributed by atoms with Crippen LogP contribution in [0.3, 0.4) is 0 Å². The van der Waals surface area contributed by atoms with Gasteiger partial charge in [-0.05, 0) is 36.4 Å². The molecule has 1 N–H and O–H groups in total. The average Bonchev–Trinajstić information content (AvgIpc) is 2.51. The van der Waals surface area contributed by atoms with Crippen LogP contribution in [0.1, 0.15) is 15.9 Å². The van der Waals surface area contributed by atoms with Crippen LogP contribution in [-0.2, 0) is 6.18 Å². The van der Waals surface area contributed by atoms with Gasteiger partial charge in [-0.1, -0.05) is 6.07 Å². The Hall–Kier alpha value is -2.57. The number of rotatable bonds is 5. The van der Waals surface area contributed by atoms with Crippen molar-refractivity contribution in [1.82, 2.24) is 5.32 Å². The van der Waals surface area contributed by atoms with Gasteiger partial charge in [0.05, 0.1) is 12.1 Å².